The van der Waals surface area contributed by atoms with Gasteiger partial charge in [0.05, 0.1) is 13.2 Å². The predicted octanol–water partition coefficient (Wildman–Crippen LogP) is 2.51. The first-order chi connectivity index (χ1) is 12.6. The maximum atomic E-state index is 12.2. The number of methoxy groups -OCH3 is 1. The maximum absolute atomic E-state index is 12.2. The predicted molar refractivity (Wildman–Crippen MR) is 119 cm³/mol. The average Bonchev–Trinajstić information content (AvgIpc) is 3.15. The molecule has 0 aromatic heterocycles. The summed E-state index contributed by atoms with van der Waals surface area (Å²) in [4.78, 5) is 16.8. The summed E-state index contributed by atoms with van der Waals surface area (Å²) in [5.41, 5.74) is 1.79. The van der Waals surface area contributed by atoms with Gasteiger partial charge in [0.25, 0.3) is 5.91 Å². The summed E-state index contributed by atoms with van der Waals surface area (Å²) in [6, 6.07) is 7.90. The number of rotatable bonds is 8. The Morgan fingerprint density at radius 1 is 1.44 bits per heavy atom. The van der Waals surface area contributed by atoms with Crippen LogP contribution in [0.4, 0.5) is 5.69 Å². The van der Waals surface area contributed by atoms with Crippen LogP contribution in [0.5, 0.6) is 0 Å². The van der Waals surface area contributed by atoms with Crippen LogP contribution < -0.4 is 16.0 Å². The van der Waals surface area contributed by atoms with Gasteiger partial charge in [0.2, 0.25) is 0 Å². The van der Waals surface area contributed by atoms with Crippen molar-refractivity contribution < 1.29 is 14.3 Å². The van der Waals surface area contributed by atoms with Gasteiger partial charge in [0.15, 0.2) is 5.96 Å². The van der Waals surface area contributed by atoms with Crippen LogP contribution in [0, 0.1) is 0 Å². The van der Waals surface area contributed by atoms with Crippen LogP contribution in [-0.4, -0.2) is 50.9 Å². The van der Waals surface area contributed by atoms with Crippen LogP contribution in [0.15, 0.2) is 29.3 Å². The Kier molecular flexibility index (Phi) is 11.3. The minimum Gasteiger partial charge on any atom is -0.383 e. The third-order valence-corrected chi connectivity index (χ3v) is 3.98. The number of nitrogens with one attached hydrogen (secondary N) is 3. The maximum Gasteiger partial charge on any atom is 0.253 e. The first-order valence-electron chi connectivity index (χ1n) is 9.17. The standard InChI is InChI=1S/C19H30N4O3.HI/c1-4-20-19(22-14(2)13-25-3)21-12-15-7-5-8-16(11-15)23-18(24)17-9-6-10-26-17;/h5,7-8,11,14,17H,4,6,9-10,12-13H2,1-3H3,(H,23,24)(H2,20,21,22);1H. The van der Waals surface area contributed by atoms with Crippen LogP contribution in [-0.2, 0) is 20.8 Å². The fourth-order valence-corrected chi connectivity index (χ4v) is 2.77. The highest BCUT2D eigenvalue weighted by molar-refractivity contribution is 14.0. The molecule has 0 radical (unpaired) electrons. The zero-order valence-electron chi connectivity index (χ0n) is 16.3. The van der Waals surface area contributed by atoms with Gasteiger partial charge < -0.3 is 25.4 Å². The lowest BCUT2D eigenvalue weighted by molar-refractivity contribution is -0.124. The summed E-state index contributed by atoms with van der Waals surface area (Å²) < 4.78 is 10.6. The van der Waals surface area contributed by atoms with E-state index in [-0.39, 0.29) is 42.0 Å². The molecular weight excluding hydrogens is 459 g/mol. The first kappa shape index (κ1) is 23.6. The topological polar surface area (TPSA) is 84.0 Å². The number of benzene rings is 1. The number of hydrogen-bond donors (Lipinski definition) is 3. The number of amides is 1. The summed E-state index contributed by atoms with van der Waals surface area (Å²) >= 11 is 0. The Morgan fingerprint density at radius 2 is 2.26 bits per heavy atom. The average molecular weight is 490 g/mol. The molecule has 2 rings (SSSR count). The molecule has 2 unspecified atom stereocenters. The van der Waals surface area contributed by atoms with Crippen LogP contribution in [0.3, 0.4) is 0 Å². The van der Waals surface area contributed by atoms with E-state index in [1.165, 1.54) is 0 Å². The molecule has 1 aromatic carbocycles. The molecule has 1 aliphatic heterocycles. The van der Waals surface area contributed by atoms with Crippen molar-refractivity contribution in [2.24, 2.45) is 4.99 Å². The molecular formula is C19H31IN4O3. The number of halogens is 1. The second-order valence-electron chi connectivity index (χ2n) is 6.39. The monoisotopic (exact) mass is 490 g/mol. The molecule has 0 spiro atoms. The summed E-state index contributed by atoms with van der Waals surface area (Å²) in [7, 11) is 1.68. The molecule has 152 valence electrons. The lowest BCUT2D eigenvalue weighted by Gasteiger charge is -2.17. The third kappa shape index (κ3) is 8.44. The summed E-state index contributed by atoms with van der Waals surface area (Å²) in [5.74, 6) is 0.664. The van der Waals surface area contributed by atoms with Gasteiger partial charge in [-0.15, -0.1) is 24.0 Å². The van der Waals surface area contributed by atoms with E-state index in [9.17, 15) is 4.79 Å². The third-order valence-electron chi connectivity index (χ3n) is 3.98. The largest absolute Gasteiger partial charge is 0.383 e. The van der Waals surface area contributed by atoms with Crippen LogP contribution in [0.25, 0.3) is 0 Å². The number of nitrogens with zero attached hydrogens (tertiary/aromatic N) is 1. The minimum atomic E-state index is -0.330. The Hall–Kier alpha value is -1.39. The zero-order chi connectivity index (χ0) is 18.8. The highest BCUT2D eigenvalue weighted by Crippen LogP contribution is 2.16. The van der Waals surface area contributed by atoms with E-state index in [2.05, 4.69) is 20.9 Å². The number of guanidine groups is 1. The van der Waals surface area contributed by atoms with Gasteiger partial charge in [-0.1, -0.05) is 12.1 Å². The summed E-state index contributed by atoms with van der Waals surface area (Å²) in [5, 5.41) is 9.45. The van der Waals surface area contributed by atoms with Gasteiger partial charge in [0, 0.05) is 32.0 Å². The SMILES string of the molecule is CCNC(=NCc1cccc(NC(=O)C2CCCO2)c1)NC(C)COC.I. The van der Waals surface area contributed by atoms with Gasteiger partial charge in [-0.05, 0) is 44.4 Å². The Bertz CT molecular complexity index is 606. The van der Waals surface area contributed by atoms with Crippen molar-refractivity contribution in [1.29, 1.82) is 0 Å². The fraction of sp³-hybridized carbons (Fsp3) is 0.579. The molecule has 1 amide bonds. The van der Waals surface area contributed by atoms with E-state index in [4.69, 9.17) is 9.47 Å². The number of carbonyl (C=O) groups is 1. The van der Waals surface area contributed by atoms with Crippen molar-refractivity contribution >= 4 is 41.5 Å². The zero-order valence-corrected chi connectivity index (χ0v) is 18.6. The Labute approximate surface area is 178 Å². The van der Waals surface area contributed by atoms with Gasteiger partial charge in [-0.2, -0.15) is 0 Å². The number of hydrogen-bond acceptors (Lipinski definition) is 4. The number of carbonyl (C=O) groups excluding carboxylic acids is 1. The van der Waals surface area contributed by atoms with Crippen LogP contribution >= 0.6 is 24.0 Å². The molecule has 3 N–H and O–H groups in total. The van der Waals surface area contributed by atoms with Gasteiger partial charge in [-0.25, -0.2) is 4.99 Å². The minimum absolute atomic E-state index is 0. The Balaban J connectivity index is 0.00000364. The Morgan fingerprint density at radius 3 is 2.93 bits per heavy atom. The number of anilines is 1. The van der Waals surface area contributed by atoms with Crippen molar-refractivity contribution in [3.63, 3.8) is 0 Å². The van der Waals surface area contributed by atoms with Crippen LogP contribution in [0.2, 0.25) is 0 Å². The molecule has 1 fully saturated rings. The van der Waals surface area contributed by atoms with Gasteiger partial charge in [-0.3, -0.25) is 4.79 Å². The number of aliphatic imine (C=N–C) groups is 1. The van der Waals surface area contributed by atoms with Crippen molar-refractivity contribution in [3.8, 4) is 0 Å². The lowest BCUT2D eigenvalue weighted by atomic mass is 10.2. The molecule has 0 saturated carbocycles. The summed E-state index contributed by atoms with van der Waals surface area (Å²) in [6.45, 7) is 6.63. The van der Waals surface area contributed by atoms with Gasteiger partial charge in [0.1, 0.15) is 6.10 Å². The normalized spacial score (nSPS) is 17.7. The van der Waals surface area contributed by atoms with E-state index in [0.29, 0.717) is 19.8 Å². The smallest absolute Gasteiger partial charge is 0.253 e. The van der Waals surface area contributed by atoms with Crippen LogP contribution in [0.1, 0.15) is 32.3 Å². The van der Waals surface area contributed by atoms with Crippen molar-refractivity contribution in [2.45, 2.75) is 45.4 Å². The fourth-order valence-electron chi connectivity index (χ4n) is 2.77. The molecule has 1 aliphatic rings. The first-order valence-corrected chi connectivity index (χ1v) is 9.17. The second-order valence-corrected chi connectivity index (χ2v) is 6.39. The molecule has 7 nitrogen and oxygen atoms in total. The molecule has 1 saturated heterocycles. The molecule has 8 heteroatoms. The highest BCUT2D eigenvalue weighted by atomic mass is 127. The lowest BCUT2D eigenvalue weighted by Crippen LogP contribution is -2.43. The molecule has 2 atom stereocenters. The highest BCUT2D eigenvalue weighted by Gasteiger charge is 2.23. The van der Waals surface area contributed by atoms with Crippen molar-refractivity contribution in [2.75, 3.05) is 32.2 Å². The quantitative estimate of drug-likeness (QED) is 0.297. The molecule has 0 aliphatic carbocycles. The molecule has 1 heterocycles. The van der Waals surface area contributed by atoms with E-state index < -0.39 is 0 Å². The van der Waals surface area contributed by atoms with E-state index in [0.717, 1.165) is 36.6 Å². The van der Waals surface area contributed by atoms with Gasteiger partial charge >= 0.3 is 0 Å². The van der Waals surface area contributed by atoms with E-state index in [1.807, 2.05) is 38.1 Å². The molecule has 27 heavy (non-hydrogen) atoms. The summed E-state index contributed by atoms with van der Waals surface area (Å²) in [6.07, 6.45) is 1.39. The van der Waals surface area contributed by atoms with Crippen molar-refractivity contribution in [1.82, 2.24) is 10.6 Å². The second kappa shape index (κ2) is 12.9. The molecule has 1 aromatic rings. The van der Waals surface area contributed by atoms with Crippen molar-refractivity contribution in [3.05, 3.63) is 29.8 Å². The molecule has 0 bridgehead atoms. The van der Waals surface area contributed by atoms with E-state index in [1.54, 1.807) is 7.11 Å². The van der Waals surface area contributed by atoms with E-state index >= 15 is 0 Å². The number of ether oxygens (including phenoxy) is 2.